The zero-order valence-electron chi connectivity index (χ0n) is 33.5. The van der Waals surface area contributed by atoms with Crippen LogP contribution in [-0.2, 0) is 24.9 Å². The van der Waals surface area contributed by atoms with Crippen LogP contribution in [0, 0.1) is 30.7 Å². The van der Waals surface area contributed by atoms with Crippen LogP contribution in [0.4, 0.5) is 0 Å². The first-order valence-electron chi connectivity index (χ1n) is 18.7. The Labute approximate surface area is 319 Å². The minimum absolute atomic E-state index is 0. The number of allylic oxidation sites excluding steroid dienone is 2. The molecule has 275 valence electrons. The first-order chi connectivity index (χ1) is 23.0. The number of rotatable bonds is 12. The molecule has 1 radical (unpaired) electrons. The Morgan fingerprint density at radius 3 is 1.80 bits per heavy atom. The Hall–Kier alpha value is -2.59. The van der Waals surface area contributed by atoms with E-state index in [0.29, 0.717) is 16.6 Å². The van der Waals surface area contributed by atoms with Crippen molar-refractivity contribution in [3.8, 4) is 11.3 Å². The number of benzene rings is 3. The van der Waals surface area contributed by atoms with Crippen molar-refractivity contribution in [3.05, 3.63) is 83.8 Å². The number of carbonyl (C=O) groups excluding carboxylic acids is 1. The van der Waals surface area contributed by atoms with E-state index < -0.39 is 8.07 Å². The molecule has 0 fully saturated rings. The molecule has 0 saturated heterocycles. The van der Waals surface area contributed by atoms with E-state index in [4.69, 9.17) is 4.98 Å². The van der Waals surface area contributed by atoms with Crippen LogP contribution < -0.4 is 5.19 Å². The molecule has 0 atom stereocenters. The van der Waals surface area contributed by atoms with Gasteiger partial charge in [0.2, 0.25) is 0 Å². The standard InChI is InChI=1S/C30H36NSi.C15H28O2.Ir/c1-19(2)32(20(3)4,21(5)6)29-11-9-10-25-26-14-15-31-30(28(26)13-12-27(25)29)24-17-22(7)16-23(8)18-24;1-7-14(5,8-2)12(16)11-13(17)15(6,9-3)10-4;/h9-17,19-21H,1-8H3;11,16H,7-10H2,1-6H3;/q-1;;/b;12-11-;. The molecule has 0 aliphatic rings. The third kappa shape index (κ3) is 8.54. The van der Waals surface area contributed by atoms with Crippen molar-refractivity contribution in [2.45, 2.75) is 139 Å². The summed E-state index contributed by atoms with van der Waals surface area (Å²) in [4.78, 5) is 17.0. The van der Waals surface area contributed by atoms with E-state index >= 15 is 0 Å². The molecule has 0 bridgehead atoms. The fourth-order valence-electron chi connectivity index (χ4n) is 8.25. The second-order valence-corrected chi connectivity index (χ2v) is 21.7. The zero-order valence-corrected chi connectivity index (χ0v) is 36.9. The number of carbonyl (C=O) groups is 1. The Kier molecular flexibility index (Phi) is 15.5. The molecule has 4 rings (SSSR count). The molecule has 3 nitrogen and oxygen atoms in total. The quantitative estimate of drug-likeness (QED) is 0.0507. The topological polar surface area (TPSA) is 50.2 Å². The van der Waals surface area contributed by atoms with Crippen molar-refractivity contribution in [2.24, 2.45) is 10.8 Å². The summed E-state index contributed by atoms with van der Waals surface area (Å²) in [6.07, 6.45) is 6.72. The molecule has 0 amide bonds. The van der Waals surface area contributed by atoms with Crippen molar-refractivity contribution in [1.82, 2.24) is 4.98 Å². The number of hydrogen-bond donors (Lipinski definition) is 1. The van der Waals surface area contributed by atoms with E-state index in [1.807, 2.05) is 47.7 Å². The van der Waals surface area contributed by atoms with Crippen LogP contribution >= 0.6 is 0 Å². The van der Waals surface area contributed by atoms with Crippen molar-refractivity contribution in [2.75, 3.05) is 0 Å². The van der Waals surface area contributed by atoms with Crippen molar-refractivity contribution in [3.63, 3.8) is 0 Å². The molecule has 3 aromatic carbocycles. The van der Waals surface area contributed by atoms with Gasteiger partial charge in [0.25, 0.3) is 0 Å². The maximum absolute atomic E-state index is 12.2. The molecule has 0 unspecified atom stereocenters. The summed E-state index contributed by atoms with van der Waals surface area (Å²) in [7, 11) is -1.77. The van der Waals surface area contributed by atoms with Gasteiger partial charge in [0.05, 0.1) is 8.07 Å². The van der Waals surface area contributed by atoms with Crippen LogP contribution in [0.3, 0.4) is 0 Å². The number of pyridine rings is 1. The first kappa shape index (κ1) is 43.6. The van der Waals surface area contributed by atoms with E-state index in [9.17, 15) is 9.90 Å². The summed E-state index contributed by atoms with van der Waals surface area (Å²) in [5.74, 6) is 0.286. The maximum Gasteiger partial charge on any atom is 0.164 e. The van der Waals surface area contributed by atoms with E-state index in [2.05, 4.69) is 110 Å². The van der Waals surface area contributed by atoms with E-state index in [0.717, 1.165) is 42.5 Å². The molecular weight excluding hydrogens is 807 g/mol. The average Bonchev–Trinajstić information content (AvgIpc) is 3.06. The molecule has 50 heavy (non-hydrogen) atoms. The summed E-state index contributed by atoms with van der Waals surface area (Å²) < 4.78 is 0. The number of aliphatic hydroxyl groups excluding tert-OH is 1. The van der Waals surface area contributed by atoms with E-state index in [1.54, 1.807) is 5.19 Å². The summed E-state index contributed by atoms with van der Waals surface area (Å²) >= 11 is 0. The van der Waals surface area contributed by atoms with Gasteiger partial charge in [-0.25, -0.2) is 0 Å². The van der Waals surface area contributed by atoms with Crippen LogP contribution in [0.5, 0.6) is 0 Å². The van der Waals surface area contributed by atoms with Gasteiger partial charge < -0.3 is 10.1 Å². The first-order valence-corrected chi connectivity index (χ1v) is 21.0. The summed E-state index contributed by atoms with van der Waals surface area (Å²) in [5, 5.41) is 17.0. The Bertz CT molecular complexity index is 1740. The monoisotopic (exact) mass is 871 g/mol. The molecule has 1 aromatic heterocycles. The van der Waals surface area contributed by atoms with E-state index in [1.165, 1.54) is 33.2 Å². The molecule has 0 aliphatic carbocycles. The molecule has 5 heteroatoms. The fraction of sp³-hybridized carbons (Fsp3) is 0.511. The Balaban J connectivity index is 0.000000413. The minimum atomic E-state index is -1.77. The normalized spacial score (nSPS) is 12.8. The minimum Gasteiger partial charge on any atom is -0.512 e. The molecule has 0 saturated carbocycles. The second kappa shape index (κ2) is 17.8. The zero-order chi connectivity index (χ0) is 36.9. The second-order valence-electron chi connectivity index (χ2n) is 15.8. The number of aliphatic hydroxyl groups is 1. The predicted molar refractivity (Wildman–Crippen MR) is 217 cm³/mol. The molecule has 4 aromatic rings. The maximum atomic E-state index is 12.2. The summed E-state index contributed by atoms with van der Waals surface area (Å²) in [5.41, 5.74) is 5.96. The fourth-order valence-corrected chi connectivity index (χ4v) is 15.2. The molecule has 0 spiro atoms. The number of aryl methyl sites for hydroxylation is 2. The molecule has 0 aliphatic heterocycles. The van der Waals surface area contributed by atoms with Gasteiger partial charge in [0, 0.05) is 43.2 Å². The van der Waals surface area contributed by atoms with Gasteiger partial charge in [0.1, 0.15) is 5.76 Å². The molecule has 1 N–H and O–H groups in total. The third-order valence-electron chi connectivity index (χ3n) is 12.1. The predicted octanol–water partition coefficient (Wildman–Crippen LogP) is 13.0. The van der Waals surface area contributed by atoms with Gasteiger partial charge in [0.15, 0.2) is 5.78 Å². The van der Waals surface area contributed by atoms with E-state index in [-0.39, 0.29) is 42.5 Å². The van der Waals surface area contributed by atoms with Crippen LogP contribution in [-0.4, -0.2) is 23.9 Å². The van der Waals surface area contributed by atoms with Gasteiger partial charge in [-0.3, -0.25) is 4.79 Å². The van der Waals surface area contributed by atoms with Crippen molar-refractivity contribution in [1.29, 1.82) is 0 Å². The molecular formula is C45H64IrNO2Si-. The Morgan fingerprint density at radius 2 is 1.30 bits per heavy atom. The van der Waals surface area contributed by atoms with Crippen LogP contribution in [0.2, 0.25) is 16.6 Å². The van der Waals surface area contributed by atoms with Crippen LogP contribution in [0.25, 0.3) is 32.8 Å². The summed E-state index contributed by atoms with van der Waals surface area (Å²) in [6.45, 7) is 31.0. The van der Waals surface area contributed by atoms with Crippen molar-refractivity contribution >= 4 is 40.6 Å². The SMILES string of the molecule is CCC(C)(CC)C(=O)/C=C(\O)C(C)(CC)CC.Cc1[c-]c(-c2nccc3c2ccc2c([Si](C(C)C)(C(C)C)C(C)C)cccc23)cc(C)c1.[Ir]. The van der Waals surface area contributed by atoms with Crippen LogP contribution in [0.1, 0.15) is 120 Å². The number of fused-ring (bicyclic) bond motifs is 3. The number of nitrogens with zero attached hydrogens (tertiary/aromatic N) is 1. The average molecular weight is 871 g/mol. The number of hydrogen-bond acceptors (Lipinski definition) is 3. The Morgan fingerprint density at radius 1 is 0.780 bits per heavy atom. The van der Waals surface area contributed by atoms with Gasteiger partial charge >= 0.3 is 0 Å². The van der Waals surface area contributed by atoms with Gasteiger partial charge in [-0.2, -0.15) is 0 Å². The van der Waals surface area contributed by atoms with Gasteiger partial charge in [-0.05, 0) is 75.6 Å². The number of aromatic nitrogens is 1. The van der Waals surface area contributed by atoms with Gasteiger partial charge in [-0.1, -0.05) is 132 Å². The molecule has 1 heterocycles. The van der Waals surface area contributed by atoms with Crippen LogP contribution in [0.15, 0.2) is 66.6 Å². The third-order valence-corrected chi connectivity index (χ3v) is 19.2. The largest absolute Gasteiger partial charge is 0.512 e. The summed E-state index contributed by atoms with van der Waals surface area (Å²) in [6, 6.07) is 21.8. The van der Waals surface area contributed by atoms with Gasteiger partial charge in [-0.15, -0.1) is 34.9 Å². The smallest absolute Gasteiger partial charge is 0.164 e. The van der Waals surface area contributed by atoms with Crippen molar-refractivity contribution < 1.29 is 30.0 Å². The number of ketones is 1.